The standard InChI is InChI=1S/C26H28FN3O/c1-20(30-17-15-29(16-18-30)19-22-11-5-7-13-24(22)27)26(31)28-25-14-8-6-12-23(25)21-9-3-2-4-10-21/h2-14,20H,15-19H2,1H3,(H,28,31)/t20-/m1/s1. The number of anilines is 1. The summed E-state index contributed by atoms with van der Waals surface area (Å²) in [7, 11) is 0. The smallest absolute Gasteiger partial charge is 0.241 e. The number of hydrogen-bond acceptors (Lipinski definition) is 3. The number of hydrogen-bond donors (Lipinski definition) is 1. The maximum absolute atomic E-state index is 13.9. The Balaban J connectivity index is 1.35. The van der Waals surface area contributed by atoms with Crippen LogP contribution in [0, 0.1) is 5.82 Å². The summed E-state index contributed by atoms with van der Waals surface area (Å²) in [5.74, 6) is -0.166. The van der Waals surface area contributed by atoms with Crippen LogP contribution < -0.4 is 5.32 Å². The van der Waals surface area contributed by atoms with E-state index in [0.717, 1.165) is 48.6 Å². The molecule has 0 radical (unpaired) electrons. The monoisotopic (exact) mass is 417 g/mol. The SMILES string of the molecule is C[C@H](C(=O)Nc1ccccc1-c1ccccc1)N1CCN(Cc2ccccc2F)CC1. The average molecular weight is 418 g/mol. The maximum Gasteiger partial charge on any atom is 0.241 e. The van der Waals surface area contributed by atoms with Gasteiger partial charge in [0.25, 0.3) is 0 Å². The van der Waals surface area contributed by atoms with Gasteiger partial charge in [-0.15, -0.1) is 0 Å². The number of amides is 1. The highest BCUT2D eigenvalue weighted by atomic mass is 19.1. The summed E-state index contributed by atoms with van der Waals surface area (Å²) >= 11 is 0. The van der Waals surface area contributed by atoms with Gasteiger partial charge in [0.05, 0.1) is 6.04 Å². The Hall–Kier alpha value is -3.02. The number of carbonyl (C=O) groups excluding carboxylic acids is 1. The van der Waals surface area contributed by atoms with Gasteiger partial charge in [0.1, 0.15) is 5.82 Å². The largest absolute Gasteiger partial charge is 0.324 e. The topological polar surface area (TPSA) is 35.6 Å². The van der Waals surface area contributed by atoms with Crippen LogP contribution in [-0.2, 0) is 11.3 Å². The molecular weight excluding hydrogens is 389 g/mol. The van der Waals surface area contributed by atoms with Crippen LogP contribution in [0.4, 0.5) is 10.1 Å². The summed E-state index contributed by atoms with van der Waals surface area (Å²) < 4.78 is 13.9. The van der Waals surface area contributed by atoms with E-state index < -0.39 is 0 Å². The normalized spacial score (nSPS) is 16.1. The molecule has 160 valence electrons. The lowest BCUT2D eigenvalue weighted by Gasteiger charge is -2.37. The van der Waals surface area contributed by atoms with Gasteiger partial charge < -0.3 is 5.32 Å². The van der Waals surface area contributed by atoms with E-state index in [0.29, 0.717) is 6.54 Å². The lowest BCUT2D eigenvalue weighted by Crippen LogP contribution is -2.52. The second kappa shape index (κ2) is 9.86. The molecule has 1 aliphatic rings. The van der Waals surface area contributed by atoms with Gasteiger partial charge >= 0.3 is 0 Å². The molecule has 3 aromatic rings. The Kier molecular flexibility index (Phi) is 6.75. The second-order valence-corrected chi connectivity index (χ2v) is 7.98. The van der Waals surface area contributed by atoms with E-state index in [1.807, 2.05) is 73.7 Å². The van der Waals surface area contributed by atoms with Crippen molar-refractivity contribution in [1.29, 1.82) is 0 Å². The molecular formula is C26H28FN3O. The molecule has 0 aromatic heterocycles. The van der Waals surface area contributed by atoms with E-state index >= 15 is 0 Å². The summed E-state index contributed by atoms with van der Waals surface area (Å²) in [6.45, 7) is 5.74. The molecule has 0 spiro atoms. The minimum atomic E-state index is -0.237. The van der Waals surface area contributed by atoms with Crippen molar-refractivity contribution in [3.05, 3.63) is 90.2 Å². The van der Waals surface area contributed by atoms with Crippen LogP contribution in [0.2, 0.25) is 0 Å². The number of benzene rings is 3. The molecule has 3 aromatic carbocycles. The molecule has 1 atom stereocenters. The molecule has 1 fully saturated rings. The van der Waals surface area contributed by atoms with E-state index in [-0.39, 0.29) is 17.8 Å². The zero-order valence-corrected chi connectivity index (χ0v) is 17.8. The Bertz CT molecular complexity index is 1020. The van der Waals surface area contributed by atoms with E-state index in [9.17, 15) is 9.18 Å². The highest BCUT2D eigenvalue weighted by molar-refractivity contribution is 5.98. The van der Waals surface area contributed by atoms with E-state index in [1.54, 1.807) is 6.07 Å². The van der Waals surface area contributed by atoms with Crippen LogP contribution in [0.15, 0.2) is 78.9 Å². The highest BCUT2D eigenvalue weighted by Gasteiger charge is 2.26. The molecule has 0 bridgehead atoms. The second-order valence-electron chi connectivity index (χ2n) is 7.98. The molecule has 4 rings (SSSR count). The minimum absolute atomic E-state index is 0.00839. The average Bonchev–Trinajstić information content (AvgIpc) is 2.81. The quantitative estimate of drug-likeness (QED) is 0.635. The van der Waals surface area contributed by atoms with Crippen molar-refractivity contribution >= 4 is 11.6 Å². The van der Waals surface area contributed by atoms with Crippen LogP contribution in [0.5, 0.6) is 0 Å². The van der Waals surface area contributed by atoms with Crippen LogP contribution in [0.25, 0.3) is 11.1 Å². The van der Waals surface area contributed by atoms with Gasteiger partial charge in [0, 0.05) is 49.5 Å². The number of halogens is 1. The third-order valence-electron chi connectivity index (χ3n) is 5.96. The van der Waals surface area contributed by atoms with Crippen molar-refractivity contribution in [2.45, 2.75) is 19.5 Å². The van der Waals surface area contributed by atoms with Crippen LogP contribution in [0.1, 0.15) is 12.5 Å². The third kappa shape index (κ3) is 5.19. The molecule has 5 heteroatoms. The number of carbonyl (C=O) groups is 1. The Morgan fingerprint density at radius 1 is 0.903 bits per heavy atom. The lowest BCUT2D eigenvalue weighted by molar-refractivity contribution is -0.121. The fourth-order valence-electron chi connectivity index (χ4n) is 4.04. The van der Waals surface area contributed by atoms with E-state index in [4.69, 9.17) is 0 Å². The Morgan fingerprint density at radius 3 is 2.29 bits per heavy atom. The predicted molar refractivity (Wildman–Crippen MR) is 123 cm³/mol. The molecule has 0 unspecified atom stereocenters. The Labute approximate surface area is 183 Å². The number of nitrogens with one attached hydrogen (secondary N) is 1. The molecule has 1 N–H and O–H groups in total. The summed E-state index contributed by atoms with van der Waals surface area (Å²) in [5.41, 5.74) is 3.63. The van der Waals surface area contributed by atoms with Crippen LogP contribution in [-0.4, -0.2) is 47.9 Å². The first-order chi connectivity index (χ1) is 15.1. The third-order valence-corrected chi connectivity index (χ3v) is 5.96. The van der Waals surface area contributed by atoms with Gasteiger partial charge in [0.15, 0.2) is 0 Å². The Morgan fingerprint density at radius 2 is 1.55 bits per heavy atom. The predicted octanol–water partition coefficient (Wildman–Crippen LogP) is 4.64. The number of rotatable bonds is 6. The van der Waals surface area contributed by atoms with Crippen molar-refractivity contribution < 1.29 is 9.18 Å². The molecule has 0 saturated carbocycles. The van der Waals surface area contributed by atoms with Crippen LogP contribution in [0.3, 0.4) is 0 Å². The summed E-state index contributed by atoms with van der Waals surface area (Å²) in [4.78, 5) is 17.4. The molecule has 1 aliphatic heterocycles. The molecule has 0 aliphatic carbocycles. The van der Waals surface area contributed by atoms with Crippen molar-refractivity contribution in [2.24, 2.45) is 0 Å². The highest BCUT2D eigenvalue weighted by Crippen LogP contribution is 2.28. The molecule has 31 heavy (non-hydrogen) atoms. The van der Waals surface area contributed by atoms with Crippen molar-refractivity contribution in [3.8, 4) is 11.1 Å². The first kappa shape index (κ1) is 21.2. The van der Waals surface area contributed by atoms with Gasteiger partial charge in [-0.05, 0) is 24.6 Å². The first-order valence-corrected chi connectivity index (χ1v) is 10.8. The summed E-state index contributed by atoms with van der Waals surface area (Å²) in [5, 5.41) is 3.12. The van der Waals surface area contributed by atoms with Gasteiger partial charge in [-0.3, -0.25) is 14.6 Å². The van der Waals surface area contributed by atoms with Gasteiger partial charge in [-0.2, -0.15) is 0 Å². The van der Waals surface area contributed by atoms with Crippen molar-refractivity contribution in [3.63, 3.8) is 0 Å². The number of para-hydroxylation sites is 1. The number of nitrogens with zero attached hydrogens (tertiary/aromatic N) is 2. The van der Waals surface area contributed by atoms with Gasteiger partial charge in [0.2, 0.25) is 5.91 Å². The summed E-state index contributed by atoms with van der Waals surface area (Å²) in [6.07, 6.45) is 0. The fraction of sp³-hybridized carbons (Fsp3) is 0.269. The van der Waals surface area contributed by atoms with Crippen LogP contribution >= 0.6 is 0 Å². The van der Waals surface area contributed by atoms with Crippen molar-refractivity contribution in [1.82, 2.24) is 9.80 Å². The van der Waals surface area contributed by atoms with E-state index in [2.05, 4.69) is 15.1 Å². The zero-order chi connectivity index (χ0) is 21.6. The first-order valence-electron chi connectivity index (χ1n) is 10.8. The van der Waals surface area contributed by atoms with Crippen molar-refractivity contribution in [2.75, 3.05) is 31.5 Å². The number of piperazine rings is 1. The molecule has 1 heterocycles. The van der Waals surface area contributed by atoms with Gasteiger partial charge in [-0.25, -0.2) is 4.39 Å². The maximum atomic E-state index is 13.9. The molecule has 4 nitrogen and oxygen atoms in total. The lowest BCUT2D eigenvalue weighted by atomic mass is 10.0. The molecule has 1 saturated heterocycles. The molecule has 1 amide bonds. The summed E-state index contributed by atoms with van der Waals surface area (Å²) in [6, 6.07) is 24.6. The minimum Gasteiger partial charge on any atom is -0.324 e. The fourth-order valence-corrected chi connectivity index (χ4v) is 4.04. The zero-order valence-electron chi connectivity index (χ0n) is 17.8. The van der Waals surface area contributed by atoms with E-state index in [1.165, 1.54) is 6.07 Å². The van der Waals surface area contributed by atoms with Gasteiger partial charge in [-0.1, -0.05) is 66.7 Å².